The Morgan fingerprint density at radius 1 is 1.38 bits per heavy atom. The van der Waals surface area contributed by atoms with Gasteiger partial charge in [-0.1, -0.05) is 13.0 Å². The first-order valence-corrected chi connectivity index (χ1v) is 9.46. The van der Waals surface area contributed by atoms with E-state index in [1.807, 2.05) is 12.1 Å². The van der Waals surface area contributed by atoms with Crippen LogP contribution in [0.3, 0.4) is 0 Å². The summed E-state index contributed by atoms with van der Waals surface area (Å²) in [5, 5.41) is 0. The Morgan fingerprint density at radius 2 is 2.19 bits per heavy atom. The number of hydrogen-bond acceptors (Lipinski definition) is 4. The van der Waals surface area contributed by atoms with E-state index in [1.165, 1.54) is 29.2 Å². The van der Waals surface area contributed by atoms with Gasteiger partial charge in [-0.25, -0.2) is 0 Å². The second-order valence-corrected chi connectivity index (χ2v) is 7.48. The van der Waals surface area contributed by atoms with Crippen molar-refractivity contribution in [1.29, 1.82) is 0 Å². The van der Waals surface area contributed by atoms with Gasteiger partial charge in [-0.3, -0.25) is 4.79 Å². The molecule has 1 aromatic carbocycles. The summed E-state index contributed by atoms with van der Waals surface area (Å²) in [6.45, 7) is 5.82. The van der Waals surface area contributed by atoms with E-state index in [0.717, 1.165) is 37.2 Å². The van der Waals surface area contributed by atoms with Crippen LogP contribution in [0.15, 0.2) is 35.4 Å². The first-order valence-electron chi connectivity index (χ1n) is 9.46. The van der Waals surface area contributed by atoms with Crippen LogP contribution in [0.1, 0.15) is 52.0 Å². The molecule has 0 unspecified atom stereocenters. The summed E-state index contributed by atoms with van der Waals surface area (Å²) >= 11 is 0. The van der Waals surface area contributed by atoms with Crippen LogP contribution < -0.4 is 9.47 Å². The first kappa shape index (κ1) is 17.2. The highest BCUT2D eigenvalue weighted by molar-refractivity contribution is 5.81. The average Bonchev–Trinajstić information content (AvgIpc) is 2.99. The van der Waals surface area contributed by atoms with Gasteiger partial charge in [0.15, 0.2) is 0 Å². The molecular formula is C22H26O4. The average molecular weight is 354 g/mol. The molecule has 138 valence electrons. The third-order valence-electron chi connectivity index (χ3n) is 6.29. The topological polar surface area (TPSA) is 44.8 Å². The number of carbonyl (C=O) groups excluding carboxylic acids is 1. The van der Waals surface area contributed by atoms with Gasteiger partial charge in [0.25, 0.3) is 0 Å². The summed E-state index contributed by atoms with van der Waals surface area (Å²) < 4.78 is 17.3. The van der Waals surface area contributed by atoms with E-state index in [-0.39, 0.29) is 23.6 Å². The van der Waals surface area contributed by atoms with E-state index in [9.17, 15) is 4.79 Å². The maximum Gasteiger partial charge on any atom is 0.302 e. The zero-order chi connectivity index (χ0) is 18.5. The van der Waals surface area contributed by atoms with Crippen LogP contribution in [0.4, 0.5) is 0 Å². The SMILES string of the molecule is CC[C@]12CCC3=C(C1=CC[C@@H]2OC(C)=O)[C@H](C)Oc1cc(OC)ccc13. The molecule has 2 aliphatic carbocycles. The second-order valence-electron chi connectivity index (χ2n) is 7.48. The van der Waals surface area contributed by atoms with Crippen LogP contribution >= 0.6 is 0 Å². The third-order valence-corrected chi connectivity index (χ3v) is 6.29. The van der Waals surface area contributed by atoms with Gasteiger partial charge in [-0.15, -0.1) is 0 Å². The van der Waals surface area contributed by atoms with Crippen LogP contribution in [0, 0.1) is 5.41 Å². The molecular weight excluding hydrogens is 328 g/mol. The molecule has 26 heavy (non-hydrogen) atoms. The van der Waals surface area contributed by atoms with Crippen molar-refractivity contribution in [2.45, 2.75) is 58.7 Å². The van der Waals surface area contributed by atoms with Gasteiger partial charge in [0, 0.05) is 30.4 Å². The van der Waals surface area contributed by atoms with Crippen molar-refractivity contribution in [2.24, 2.45) is 5.41 Å². The van der Waals surface area contributed by atoms with Crippen LogP contribution in [0.25, 0.3) is 5.57 Å². The number of allylic oxidation sites excluding steroid dienone is 1. The van der Waals surface area contributed by atoms with E-state index in [1.54, 1.807) is 7.11 Å². The summed E-state index contributed by atoms with van der Waals surface area (Å²) in [7, 11) is 1.67. The normalized spacial score (nSPS) is 29.2. The summed E-state index contributed by atoms with van der Waals surface area (Å²) in [6, 6.07) is 6.07. The highest BCUT2D eigenvalue weighted by atomic mass is 16.5. The molecule has 3 aliphatic rings. The van der Waals surface area contributed by atoms with Crippen molar-refractivity contribution < 1.29 is 19.0 Å². The molecule has 1 aromatic rings. The van der Waals surface area contributed by atoms with Crippen molar-refractivity contribution in [2.75, 3.05) is 7.11 Å². The smallest absolute Gasteiger partial charge is 0.302 e. The van der Waals surface area contributed by atoms with Gasteiger partial charge in [-0.2, -0.15) is 0 Å². The van der Waals surface area contributed by atoms with E-state index in [2.05, 4.69) is 26.0 Å². The van der Waals surface area contributed by atoms with E-state index >= 15 is 0 Å². The predicted octanol–water partition coefficient (Wildman–Crippen LogP) is 4.68. The highest BCUT2D eigenvalue weighted by Gasteiger charge is 2.51. The van der Waals surface area contributed by atoms with Crippen LogP contribution in [0.2, 0.25) is 0 Å². The maximum absolute atomic E-state index is 11.6. The molecule has 0 radical (unpaired) electrons. The van der Waals surface area contributed by atoms with Crippen LogP contribution in [-0.2, 0) is 9.53 Å². The van der Waals surface area contributed by atoms with Crippen molar-refractivity contribution in [3.63, 3.8) is 0 Å². The van der Waals surface area contributed by atoms with Gasteiger partial charge in [0.05, 0.1) is 7.11 Å². The minimum Gasteiger partial charge on any atom is -0.497 e. The molecule has 1 heterocycles. The molecule has 1 aliphatic heterocycles. The number of benzene rings is 1. The lowest BCUT2D eigenvalue weighted by Gasteiger charge is -2.45. The molecule has 4 rings (SSSR count). The van der Waals surface area contributed by atoms with Crippen molar-refractivity contribution in [1.82, 2.24) is 0 Å². The summed E-state index contributed by atoms with van der Waals surface area (Å²) in [5.41, 5.74) is 5.10. The number of methoxy groups -OCH3 is 1. The van der Waals surface area contributed by atoms with E-state index in [4.69, 9.17) is 14.2 Å². The van der Waals surface area contributed by atoms with Gasteiger partial charge in [0.2, 0.25) is 0 Å². The molecule has 4 nitrogen and oxygen atoms in total. The van der Waals surface area contributed by atoms with Gasteiger partial charge < -0.3 is 14.2 Å². The fourth-order valence-electron chi connectivity index (χ4n) is 5.07. The Kier molecular flexibility index (Phi) is 4.09. The van der Waals surface area contributed by atoms with Gasteiger partial charge >= 0.3 is 5.97 Å². The van der Waals surface area contributed by atoms with E-state index < -0.39 is 0 Å². The molecule has 0 saturated carbocycles. The van der Waals surface area contributed by atoms with Gasteiger partial charge in [0.1, 0.15) is 23.7 Å². The molecule has 4 heteroatoms. The summed E-state index contributed by atoms with van der Waals surface area (Å²) in [4.78, 5) is 11.6. The van der Waals surface area contributed by atoms with Crippen LogP contribution in [0.5, 0.6) is 11.5 Å². The monoisotopic (exact) mass is 354 g/mol. The third kappa shape index (κ3) is 2.38. The van der Waals surface area contributed by atoms with Crippen molar-refractivity contribution in [3.05, 3.63) is 41.0 Å². The molecule has 0 saturated heterocycles. The fourth-order valence-corrected chi connectivity index (χ4v) is 5.07. The predicted molar refractivity (Wildman–Crippen MR) is 100 cm³/mol. The fraction of sp³-hybridized carbons (Fsp3) is 0.500. The number of esters is 1. The molecule has 0 spiro atoms. The minimum absolute atomic E-state index is 0.0156. The molecule has 0 fully saturated rings. The Labute approximate surface area is 154 Å². The largest absolute Gasteiger partial charge is 0.497 e. The lowest BCUT2D eigenvalue weighted by Crippen LogP contribution is -2.41. The highest BCUT2D eigenvalue weighted by Crippen LogP contribution is 2.58. The zero-order valence-electron chi connectivity index (χ0n) is 15.9. The molecule has 0 aromatic heterocycles. The molecule has 0 N–H and O–H groups in total. The lowest BCUT2D eigenvalue weighted by atomic mass is 9.64. The zero-order valence-corrected chi connectivity index (χ0v) is 15.9. The van der Waals surface area contributed by atoms with Crippen LogP contribution in [-0.4, -0.2) is 25.3 Å². The van der Waals surface area contributed by atoms with E-state index in [0.29, 0.717) is 0 Å². The number of carbonyl (C=O) groups is 1. The lowest BCUT2D eigenvalue weighted by molar-refractivity contribution is -0.151. The molecule has 3 atom stereocenters. The minimum atomic E-state index is -0.192. The standard InChI is InChI=1S/C22H26O4/c1-5-22-11-10-17-16-7-6-15(24-4)12-19(16)25-13(2)21(17)18(22)8-9-20(22)26-14(3)23/h6-8,12-13,20H,5,9-11H2,1-4H3/t13-,20-,22-/m0/s1. The summed E-state index contributed by atoms with van der Waals surface area (Å²) in [5.74, 6) is 1.52. The number of hydrogen-bond donors (Lipinski definition) is 0. The number of rotatable bonds is 3. The van der Waals surface area contributed by atoms with Crippen molar-refractivity contribution >= 4 is 11.5 Å². The molecule has 0 bridgehead atoms. The second kappa shape index (κ2) is 6.19. The number of fused-ring (bicyclic) bond motifs is 4. The quantitative estimate of drug-likeness (QED) is 0.739. The Bertz CT molecular complexity index is 819. The summed E-state index contributed by atoms with van der Waals surface area (Å²) in [6.07, 6.45) is 5.95. The molecule has 0 amide bonds. The van der Waals surface area contributed by atoms with Gasteiger partial charge in [-0.05, 0) is 55.0 Å². The Hall–Kier alpha value is -2.23. The maximum atomic E-state index is 11.6. The Morgan fingerprint density at radius 3 is 2.88 bits per heavy atom. The van der Waals surface area contributed by atoms with Crippen molar-refractivity contribution in [3.8, 4) is 11.5 Å². The first-order chi connectivity index (χ1) is 12.5. The number of ether oxygens (including phenoxy) is 3. The Balaban J connectivity index is 1.80.